The zero-order valence-corrected chi connectivity index (χ0v) is 17.7. The smallest absolute Gasteiger partial charge is 0.407 e. The molecule has 0 aromatic heterocycles. The number of ether oxygens (including phenoxy) is 2. The van der Waals surface area contributed by atoms with Crippen LogP contribution >= 0.6 is 11.6 Å². The van der Waals surface area contributed by atoms with E-state index in [9.17, 15) is 9.59 Å². The highest BCUT2D eigenvalue weighted by molar-refractivity contribution is 6.30. The van der Waals surface area contributed by atoms with Crippen molar-refractivity contribution < 1.29 is 19.1 Å². The van der Waals surface area contributed by atoms with Crippen molar-refractivity contribution in [3.05, 3.63) is 29.3 Å². The van der Waals surface area contributed by atoms with Gasteiger partial charge >= 0.3 is 6.09 Å². The number of nitrogens with zero attached hydrogens (tertiary/aromatic N) is 1. The fourth-order valence-electron chi connectivity index (χ4n) is 3.16. The van der Waals surface area contributed by atoms with Crippen molar-refractivity contribution in [2.75, 3.05) is 32.1 Å². The SMILES string of the molecule is CO[C@H]1CCN(CC(=O)Nc2cccc(Cl)c2)[C@@H](CNC(=O)OC(C)(C)C)C1. The molecule has 1 aromatic carbocycles. The van der Waals surface area contributed by atoms with E-state index in [0.717, 1.165) is 12.8 Å². The molecule has 0 unspecified atom stereocenters. The number of methoxy groups -OCH3 is 1. The number of carbonyl (C=O) groups is 2. The minimum absolute atomic E-state index is 0.0173. The lowest BCUT2D eigenvalue weighted by atomic mass is 9.99. The summed E-state index contributed by atoms with van der Waals surface area (Å²) in [6.07, 6.45) is 1.22. The molecule has 156 valence electrons. The summed E-state index contributed by atoms with van der Waals surface area (Å²) < 4.78 is 10.8. The molecule has 1 aliphatic heterocycles. The number of carbonyl (C=O) groups excluding carboxylic acids is 2. The summed E-state index contributed by atoms with van der Waals surface area (Å²) in [4.78, 5) is 26.5. The molecule has 0 radical (unpaired) electrons. The lowest BCUT2D eigenvalue weighted by molar-refractivity contribution is -0.118. The first-order valence-corrected chi connectivity index (χ1v) is 9.83. The number of piperidine rings is 1. The second kappa shape index (κ2) is 10.1. The van der Waals surface area contributed by atoms with Crippen LogP contribution in [-0.2, 0) is 14.3 Å². The van der Waals surface area contributed by atoms with E-state index in [1.54, 1.807) is 31.4 Å². The third-order valence-electron chi connectivity index (χ3n) is 4.46. The number of benzene rings is 1. The Hall–Kier alpha value is -1.83. The van der Waals surface area contributed by atoms with Crippen LogP contribution in [-0.4, -0.2) is 61.4 Å². The van der Waals surface area contributed by atoms with Crippen LogP contribution in [0.3, 0.4) is 0 Å². The van der Waals surface area contributed by atoms with Crippen molar-refractivity contribution in [1.82, 2.24) is 10.2 Å². The monoisotopic (exact) mass is 411 g/mol. The fourth-order valence-corrected chi connectivity index (χ4v) is 3.35. The Morgan fingerprint density at radius 2 is 2.07 bits per heavy atom. The maximum absolute atomic E-state index is 12.5. The van der Waals surface area contributed by atoms with Gasteiger partial charge in [-0.2, -0.15) is 0 Å². The van der Waals surface area contributed by atoms with Crippen LogP contribution in [0.2, 0.25) is 5.02 Å². The van der Waals surface area contributed by atoms with Gasteiger partial charge < -0.3 is 20.1 Å². The summed E-state index contributed by atoms with van der Waals surface area (Å²) in [5, 5.41) is 6.24. The van der Waals surface area contributed by atoms with Gasteiger partial charge in [0.25, 0.3) is 0 Å². The van der Waals surface area contributed by atoms with Gasteiger partial charge in [0.05, 0.1) is 12.6 Å². The van der Waals surface area contributed by atoms with Crippen LogP contribution in [0.4, 0.5) is 10.5 Å². The minimum Gasteiger partial charge on any atom is -0.444 e. The van der Waals surface area contributed by atoms with Gasteiger partial charge in [-0.05, 0) is 51.8 Å². The van der Waals surface area contributed by atoms with Crippen molar-refractivity contribution in [3.63, 3.8) is 0 Å². The maximum Gasteiger partial charge on any atom is 0.407 e. The molecule has 0 spiro atoms. The maximum atomic E-state index is 12.5. The summed E-state index contributed by atoms with van der Waals surface area (Å²) in [5.41, 5.74) is 0.107. The third-order valence-corrected chi connectivity index (χ3v) is 4.69. The lowest BCUT2D eigenvalue weighted by Crippen LogP contribution is -2.52. The third kappa shape index (κ3) is 7.66. The molecule has 7 nitrogen and oxygen atoms in total. The Labute approximate surface area is 171 Å². The summed E-state index contributed by atoms with van der Waals surface area (Å²) in [6.45, 7) is 6.78. The van der Waals surface area contributed by atoms with Crippen molar-refractivity contribution in [2.24, 2.45) is 0 Å². The predicted octanol–water partition coefficient (Wildman–Crippen LogP) is 3.28. The van der Waals surface area contributed by atoms with Gasteiger partial charge in [-0.15, -0.1) is 0 Å². The van der Waals surface area contributed by atoms with Gasteiger partial charge in [0.1, 0.15) is 5.60 Å². The van der Waals surface area contributed by atoms with E-state index in [1.165, 1.54) is 0 Å². The molecule has 1 saturated heterocycles. The van der Waals surface area contributed by atoms with Gasteiger partial charge in [-0.25, -0.2) is 4.79 Å². The molecule has 28 heavy (non-hydrogen) atoms. The molecule has 0 aliphatic carbocycles. The van der Waals surface area contributed by atoms with Crippen molar-refractivity contribution in [2.45, 2.75) is 51.4 Å². The fraction of sp³-hybridized carbons (Fsp3) is 0.600. The molecule has 1 aliphatic rings. The summed E-state index contributed by atoms with van der Waals surface area (Å²) >= 11 is 5.96. The summed E-state index contributed by atoms with van der Waals surface area (Å²) in [7, 11) is 1.69. The molecule has 1 fully saturated rings. The number of anilines is 1. The van der Waals surface area contributed by atoms with Gasteiger partial charge in [0.15, 0.2) is 0 Å². The van der Waals surface area contributed by atoms with Gasteiger partial charge in [0.2, 0.25) is 5.91 Å². The average Bonchev–Trinajstić information content (AvgIpc) is 2.59. The standard InChI is InChI=1S/C20H30ClN3O4/c1-20(2,3)28-19(26)22-12-16-11-17(27-4)8-9-24(16)13-18(25)23-15-7-5-6-14(21)10-15/h5-7,10,16-17H,8-9,11-13H2,1-4H3,(H,22,26)(H,23,25)/t16-,17+/m1/s1. The molecule has 2 amide bonds. The van der Waals surface area contributed by atoms with E-state index in [1.807, 2.05) is 20.8 Å². The number of nitrogens with one attached hydrogen (secondary N) is 2. The van der Waals surface area contributed by atoms with E-state index < -0.39 is 11.7 Å². The molecule has 0 saturated carbocycles. The van der Waals surface area contributed by atoms with Crippen LogP contribution < -0.4 is 10.6 Å². The first-order chi connectivity index (χ1) is 13.2. The lowest BCUT2D eigenvalue weighted by Gasteiger charge is -2.38. The van der Waals surface area contributed by atoms with Crippen molar-refractivity contribution >= 4 is 29.3 Å². The zero-order valence-electron chi connectivity index (χ0n) is 17.0. The summed E-state index contributed by atoms with van der Waals surface area (Å²) in [5.74, 6) is -0.125. The van der Waals surface area contributed by atoms with Crippen molar-refractivity contribution in [1.29, 1.82) is 0 Å². The van der Waals surface area contributed by atoms with Gasteiger partial charge in [0, 0.05) is 37.0 Å². The number of amides is 2. The number of rotatable bonds is 6. The first kappa shape index (κ1) is 22.5. The largest absolute Gasteiger partial charge is 0.444 e. The number of hydrogen-bond donors (Lipinski definition) is 2. The second-order valence-corrected chi connectivity index (χ2v) is 8.38. The first-order valence-electron chi connectivity index (χ1n) is 9.45. The molecule has 2 rings (SSSR count). The Kier molecular flexibility index (Phi) is 8.10. The molecule has 2 atom stereocenters. The molecular weight excluding hydrogens is 382 g/mol. The minimum atomic E-state index is -0.553. The molecular formula is C20H30ClN3O4. The topological polar surface area (TPSA) is 79.9 Å². The van der Waals surface area contributed by atoms with Crippen LogP contribution in [0, 0.1) is 0 Å². The Morgan fingerprint density at radius 3 is 2.71 bits per heavy atom. The number of likely N-dealkylation sites (tertiary alicyclic amines) is 1. The Bertz CT molecular complexity index is 678. The highest BCUT2D eigenvalue weighted by atomic mass is 35.5. The second-order valence-electron chi connectivity index (χ2n) is 7.95. The van der Waals surface area contributed by atoms with Crippen LogP contribution in [0.1, 0.15) is 33.6 Å². The van der Waals surface area contributed by atoms with E-state index in [0.29, 0.717) is 23.8 Å². The zero-order chi connectivity index (χ0) is 20.7. The number of halogens is 1. The summed E-state index contributed by atoms with van der Waals surface area (Å²) in [6, 6.07) is 7.03. The number of alkyl carbamates (subject to hydrolysis) is 1. The normalized spacial score (nSPS) is 20.5. The highest BCUT2D eigenvalue weighted by Gasteiger charge is 2.30. The van der Waals surface area contributed by atoms with E-state index >= 15 is 0 Å². The highest BCUT2D eigenvalue weighted by Crippen LogP contribution is 2.20. The molecule has 2 N–H and O–H groups in total. The van der Waals surface area contributed by atoms with E-state index in [4.69, 9.17) is 21.1 Å². The van der Waals surface area contributed by atoms with E-state index in [-0.39, 0.29) is 24.6 Å². The Morgan fingerprint density at radius 1 is 1.32 bits per heavy atom. The predicted molar refractivity (Wildman–Crippen MR) is 110 cm³/mol. The van der Waals surface area contributed by atoms with Gasteiger partial charge in [-0.3, -0.25) is 9.69 Å². The average molecular weight is 412 g/mol. The molecule has 1 aromatic rings. The molecule has 0 bridgehead atoms. The van der Waals surface area contributed by atoms with Crippen LogP contribution in [0.5, 0.6) is 0 Å². The van der Waals surface area contributed by atoms with E-state index in [2.05, 4.69) is 15.5 Å². The Balaban J connectivity index is 1.93. The van der Waals surface area contributed by atoms with Gasteiger partial charge in [-0.1, -0.05) is 17.7 Å². The number of hydrogen-bond acceptors (Lipinski definition) is 5. The molecule has 8 heteroatoms. The molecule has 1 heterocycles. The van der Waals surface area contributed by atoms with Crippen LogP contribution in [0.25, 0.3) is 0 Å². The quantitative estimate of drug-likeness (QED) is 0.750. The van der Waals surface area contributed by atoms with Crippen LogP contribution in [0.15, 0.2) is 24.3 Å². The van der Waals surface area contributed by atoms with Crippen molar-refractivity contribution in [3.8, 4) is 0 Å².